The van der Waals surface area contributed by atoms with Crippen LogP contribution in [0.4, 0.5) is 0 Å². The van der Waals surface area contributed by atoms with Gasteiger partial charge in [0, 0.05) is 32.3 Å². The van der Waals surface area contributed by atoms with E-state index in [9.17, 15) is 0 Å². The highest BCUT2D eigenvalue weighted by Gasteiger charge is 2.25. The smallest absolute Gasteiger partial charge is 0.0591 e. The van der Waals surface area contributed by atoms with Crippen molar-refractivity contribution in [3.8, 4) is 0 Å². The van der Waals surface area contributed by atoms with Crippen LogP contribution in [0.5, 0.6) is 0 Å². The van der Waals surface area contributed by atoms with Crippen molar-refractivity contribution >= 4 is 0 Å². The van der Waals surface area contributed by atoms with Crippen LogP contribution < -0.4 is 5.32 Å². The van der Waals surface area contributed by atoms with E-state index in [2.05, 4.69) is 24.1 Å². The Balaban J connectivity index is 2.10. The molecule has 1 saturated heterocycles. The second-order valence-corrected chi connectivity index (χ2v) is 6.38. The molecule has 0 bridgehead atoms. The molecule has 0 spiro atoms. The lowest BCUT2D eigenvalue weighted by atomic mass is 9.93. The molecule has 126 valence electrons. The molecule has 0 aromatic rings. The van der Waals surface area contributed by atoms with Crippen molar-refractivity contribution in [2.24, 2.45) is 5.92 Å². The van der Waals surface area contributed by atoms with Crippen LogP contribution in [0.2, 0.25) is 0 Å². The van der Waals surface area contributed by atoms with Crippen molar-refractivity contribution in [3.63, 3.8) is 0 Å². The Labute approximate surface area is 131 Å². The van der Waals surface area contributed by atoms with Gasteiger partial charge in [0.05, 0.1) is 6.61 Å². The van der Waals surface area contributed by atoms with Gasteiger partial charge in [0.2, 0.25) is 0 Å². The predicted octanol–water partition coefficient (Wildman–Crippen LogP) is 2.27. The van der Waals surface area contributed by atoms with E-state index >= 15 is 0 Å². The SMILES string of the molecule is CCCCOCCNC1CN(CCCCCO)CC[C@H]1C. The summed E-state index contributed by atoms with van der Waals surface area (Å²) in [6, 6.07) is 0.603. The summed E-state index contributed by atoms with van der Waals surface area (Å²) < 4.78 is 5.62. The zero-order valence-corrected chi connectivity index (χ0v) is 14.1. The van der Waals surface area contributed by atoms with Crippen molar-refractivity contribution in [3.05, 3.63) is 0 Å². The van der Waals surface area contributed by atoms with Crippen LogP contribution in [0.3, 0.4) is 0 Å². The Morgan fingerprint density at radius 2 is 2.05 bits per heavy atom. The topological polar surface area (TPSA) is 44.7 Å². The lowest BCUT2D eigenvalue weighted by molar-refractivity contribution is 0.112. The van der Waals surface area contributed by atoms with Gasteiger partial charge >= 0.3 is 0 Å². The maximum atomic E-state index is 8.82. The Bertz CT molecular complexity index is 239. The fraction of sp³-hybridized carbons (Fsp3) is 1.00. The third-order valence-corrected chi connectivity index (χ3v) is 4.47. The average molecular weight is 300 g/mol. The summed E-state index contributed by atoms with van der Waals surface area (Å²) >= 11 is 0. The summed E-state index contributed by atoms with van der Waals surface area (Å²) in [5.74, 6) is 0.759. The fourth-order valence-corrected chi connectivity index (χ4v) is 2.89. The number of hydrogen-bond acceptors (Lipinski definition) is 4. The summed E-state index contributed by atoms with van der Waals surface area (Å²) in [4.78, 5) is 2.58. The van der Waals surface area contributed by atoms with Crippen molar-refractivity contribution in [2.45, 2.75) is 58.4 Å². The van der Waals surface area contributed by atoms with E-state index in [4.69, 9.17) is 9.84 Å². The molecule has 4 heteroatoms. The molecule has 1 fully saturated rings. The molecule has 0 aliphatic carbocycles. The van der Waals surface area contributed by atoms with E-state index in [1.54, 1.807) is 0 Å². The zero-order valence-electron chi connectivity index (χ0n) is 14.1. The lowest BCUT2D eigenvalue weighted by Gasteiger charge is -2.37. The predicted molar refractivity (Wildman–Crippen MR) is 88.7 cm³/mol. The van der Waals surface area contributed by atoms with E-state index in [1.807, 2.05) is 0 Å². The van der Waals surface area contributed by atoms with Crippen LogP contribution >= 0.6 is 0 Å². The summed E-state index contributed by atoms with van der Waals surface area (Å²) in [6.45, 7) is 11.2. The Morgan fingerprint density at radius 1 is 1.19 bits per heavy atom. The molecular formula is C17H36N2O2. The molecule has 0 radical (unpaired) electrons. The van der Waals surface area contributed by atoms with Gasteiger partial charge in [0.1, 0.15) is 0 Å². The first kappa shape index (κ1) is 18.9. The monoisotopic (exact) mass is 300 g/mol. The second kappa shape index (κ2) is 12.4. The normalized spacial score (nSPS) is 23.6. The molecule has 1 rings (SSSR count). The lowest BCUT2D eigenvalue weighted by Crippen LogP contribution is -2.51. The number of hydrogen-bond donors (Lipinski definition) is 2. The number of aliphatic hydroxyl groups excluding tert-OH is 1. The van der Waals surface area contributed by atoms with Crippen LogP contribution in [0.25, 0.3) is 0 Å². The van der Waals surface area contributed by atoms with Gasteiger partial charge in [-0.25, -0.2) is 0 Å². The minimum atomic E-state index is 0.333. The van der Waals surface area contributed by atoms with E-state index in [0.717, 1.165) is 45.1 Å². The maximum absolute atomic E-state index is 8.82. The number of nitrogens with zero attached hydrogens (tertiary/aromatic N) is 1. The van der Waals surface area contributed by atoms with Gasteiger partial charge in [-0.05, 0) is 51.1 Å². The van der Waals surface area contributed by atoms with Crippen molar-refractivity contribution in [2.75, 3.05) is 46.0 Å². The molecule has 1 aliphatic rings. The van der Waals surface area contributed by atoms with Crippen LogP contribution in [0, 0.1) is 5.92 Å². The van der Waals surface area contributed by atoms with E-state index in [1.165, 1.54) is 38.8 Å². The van der Waals surface area contributed by atoms with Gasteiger partial charge < -0.3 is 20.1 Å². The molecule has 0 amide bonds. The average Bonchev–Trinajstić information content (AvgIpc) is 2.50. The van der Waals surface area contributed by atoms with Gasteiger partial charge in [-0.2, -0.15) is 0 Å². The van der Waals surface area contributed by atoms with E-state index in [0.29, 0.717) is 12.6 Å². The fourth-order valence-electron chi connectivity index (χ4n) is 2.89. The van der Waals surface area contributed by atoms with Crippen LogP contribution in [-0.4, -0.2) is 62.0 Å². The standard InChI is InChI=1S/C17H36N2O2/c1-3-4-13-21-14-9-18-17-15-19(11-8-16(17)2)10-6-5-7-12-20/h16-18,20H,3-15H2,1-2H3/t16-,17?/m1/s1. The first-order valence-corrected chi connectivity index (χ1v) is 8.92. The number of likely N-dealkylation sites (tertiary alicyclic amines) is 1. The number of nitrogens with one attached hydrogen (secondary N) is 1. The van der Waals surface area contributed by atoms with Crippen LogP contribution in [-0.2, 0) is 4.74 Å². The number of piperidine rings is 1. The van der Waals surface area contributed by atoms with E-state index < -0.39 is 0 Å². The third-order valence-electron chi connectivity index (χ3n) is 4.47. The minimum Gasteiger partial charge on any atom is -0.396 e. The van der Waals surface area contributed by atoms with Crippen molar-refractivity contribution < 1.29 is 9.84 Å². The molecule has 2 atom stereocenters. The molecule has 2 N–H and O–H groups in total. The highest BCUT2D eigenvalue weighted by atomic mass is 16.5. The van der Waals surface area contributed by atoms with Crippen molar-refractivity contribution in [1.82, 2.24) is 10.2 Å². The molecule has 1 aliphatic heterocycles. The minimum absolute atomic E-state index is 0.333. The molecular weight excluding hydrogens is 264 g/mol. The summed E-state index contributed by atoms with van der Waals surface area (Å²) in [5, 5.41) is 12.5. The number of unbranched alkanes of at least 4 members (excludes halogenated alkanes) is 3. The molecule has 21 heavy (non-hydrogen) atoms. The Hall–Kier alpha value is -0.160. The molecule has 4 nitrogen and oxygen atoms in total. The molecule has 0 aromatic heterocycles. The second-order valence-electron chi connectivity index (χ2n) is 6.38. The maximum Gasteiger partial charge on any atom is 0.0591 e. The van der Waals surface area contributed by atoms with Crippen molar-refractivity contribution in [1.29, 1.82) is 0 Å². The number of ether oxygens (including phenoxy) is 1. The van der Waals surface area contributed by atoms with Crippen LogP contribution in [0.15, 0.2) is 0 Å². The molecule has 1 heterocycles. The van der Waals surface area contributed by atoms with Gasteiger partial charge in [0.25, 0.3) is 0 Å². The molecule has 0 aromatic carbocycles. The van der Waals surface area contributed by atoms with Gasteiger partial charge in [-0.15, -0.1) is 0 Å². The Morgan fingerprint density at radius 3 is 2.81 bits per heavy atom. The van der Waals surface area contributed by atoms with Gasteiger partial charge in [-0.3, -0.25) is 0 Å². The third kappa shape index (κ3) is 8.77. The summed E-state index contributed by atoms with van der Waals surface area (Å²) in [5.41, 5.74) is 0. The van der Waals surface area contributed by atoms with Crippen LogP contribution in [0.1, 0.15) is 52.4 Å². The van der Waals surface area contributed by atoms with Gasteiger partial charge in [0.15, 0.2) is 0 Å². The van der Waals surface area contributed by atoms with Gasteiger partial charge in [-0.1, -0.05) is 20.3 Å². The first-order chi connectivity index (χ1) is 10.3. The number of aliphatic hydroxyl groups is 1. The summed E-state index contributed by atoms with van der Waals surface area (Å²) in [7, 11) is 0. The molecule has 1 unspecified atom stereocenters. The highest BCUT2D eigenvalue weighted by Crippen LogP contribution is 2.17. The summed E-state index contributed by atoms with van der Waals surface area (Å²) in [6.07, 6.45) is 6.96. The van der Waals surface area contributed by atoms with E-state index in [-0.39, 0.29) is 0 Å². The Kier molecular flexibility index (Phi) is 11.1. The first-order valence-electron chi connectivity index (χ1n) is 8.92. The largest absolute Gasteiger partial charge is 0.396 e. The molecule has 0 saturated carbocycles. The highest BCUT2D eigenvalue weighted by molar-refractivity contribution is 4.83. The zero-order chi connectivity index (χ0) is 15.3. The number of rotatable bonds is 12. The quantitative estimate of drug-likeness (QED) is 0.543.